The summed E-state index contributed by atoms with van der Waals surface area (Å²) in [5.74, 6) is 0.785. The van der Waals surface area contributed by atoms with Crippen molar-refractivity contribution in [2.24, 2.45) is 10.4 Å². The molecular formula is C20H31FIN3O. The first-order valence-corrected chi connectivity index (χ1v) is 9.24. The second-order valence-electron chi connectivity index (χ2n) is 8.14. The first kappa shape index (κ1) is 21.4. The molecular weight excluding hydrogens is 444 g/mol. The number of nitrogens with one attached hydrogen (secondary N) is 1. The van der Waals surface area contributed by atoms with Crippen molar-refractivity contribution in [3.8, 4) is 0 Å². The van der Waals surface area contributed by atoms with Crippen molar-refractivity contribution < 1.29 is 9.13 Å². The Morgan fingerprint density at radius 3 is 2.38 bits per heavy atom. The summed E-state index contributed by atoms with van der Waals surface area (Å²) >= 11 is 0. The number of hydrogen-bond donors (Lipinski definition) is 1. The molecule has 0 radical (unpaired) electrons. The Balaban J connectivity index is 0.00000243. The number of nitrogens with zero attached hydrogens (tertiary/aromatic N) is 2. The Bertz CT molecular complexity index is 612. The van der Waals surface area contributed by atoms with E-state index in [1.165, 1.54) is 12.0 Å². The van der Waals surface area contributed by atoms with Crippen molar-refractivity contribution in [2.45, 2.75) is 38.5 Å². The number of guanidine groups is 1. The van der Waals surface area contributed by atoms with Gasteiger partial charge in [0.05, 0.1) is 0 Å². The van der Waals surface area contributed by atoms with E-state index in [0.29, 0.717) is 5.41 Å². The molecule has 0 unspecified atom stereocenters. The van der Waals surface area contributed by atoms with Gasteiger partial charge in [-0.05, 0) is 42.4 Å². The summed E-state index contributed by atoms with van der Waals surface area (Å²) in [6.07, 6.45) is 3.06. The Kier molecular flexibility index (Phi) is 7.30. The van der Waals surface area contributed by atoms with Crippen LogP contribution < -0.4 is 5.32 Å². The average Bonchev–Trinajstić information content (AvgIpc) is 2.97. The lowest BCUT2D eigenvalue weighted by molar-refractivity contribution is 0.0512. The van der Waals surface area contributed by atoms with Gasteiger partial charge >= 0.3 is 0 Å². The molecule has 2 aliphatic rings. The monoisotopic (exact) mass is 475 g/mol. The number of halogens is 2. The standard InChI is InChI=1S/C20H30FN3O.HI/c1-19(2)8-11-24(15-19)18(22-3)23-14-20(9-12-25-13-10-20)16-4-6-17(21)7-5-16;/h4-7H,8-15H2,1-3H3,(H,22,23);1H. The van der Waals surface area contributed by atoms with Crippen molar-refractivity contribution in [3.05, 3.63) is 35.6 Å². The Morgan fingerprint density at radius 2 is 1.85 bits per heavy atom. The van der Waals surface area contributed by atoms with E-state index in [-0.39, 0.29) is 35.2 Å². The normalized spacial score (nSPS) is 22.0. The summed E-state index contributed by atoms with van der Waals surface area (Å²) in [5, 5.41) is 3.60. The van der Waals surface area contributed by atoms with E-state index in [9.17, 15) is 4.39 Å². The van der Waals surface area contributed by atoms with E-state index in [1.807, 2.05) is 19.2 Å². The van der Waals surface area contributed by atoms with Gasteiger partial charge in [-0.2, -0.15) is 0 Å². The number of hydrogen-bond acceptors (Lipinski definition) is 2. The molecule has 2 saturated heterocycles. The lowest BCUT2D eigenvalue weighted by Crippen LogP contribution is -2.49. The van der Waals surface area contributed by atoms with Crippen LogP contribution in [-0.4, -0.2) is 50.8 Å². The maximum absolute atomic E-state index is 13.4. The van der Waals surface area contributed by atoms with Gasteiger partial charge in [0, 0.05) is 45.3 Å². The fourth-order valence-electron chi connectivity index (χ4n) is 4.01. The molecule has 0 aliphatic carbocycles. The Hall–Kier alpha value is -0.890. The maximum atomic E-state index is 13.4. The van der Waals surface area contributed by atoms with E-state index >= 15 is 0 Å². The molecule has 1 N–H and O–H groups in total. The van der Waals surface area contributed by atoms with Gasteiger partial charge in [-0.1, -0.05) is 26.0 Å². The molecule has 0 saturated carbocycles. The van der Waals surface area contributed by atoms with Crippen LogP contribution in [0.15, 0.2) is 29.3 Å². The zero-order valence-corrected chi connectivity index (χ0v) is 18.4. The van der Waals surface area contributed by atoms with Crippen LogP contribution in [0.2, 0.25) is 0 Å². The third kappa shape index (κ3) is 4.88. The molecule has 0 amide bonds. The molecule has 0 spiro atoms. The molecule has 146 valence electrons. The minimum Gasteiger partial charge on any atom is -0.381 e. The molecule has 4 nitrogen and oxygen atoms in total. The van der Waals surface area contributed by atoms with Gasteiger partial charge in [-0.3, -0.25) is 4.99 Å². The summed E-state index contributed by atoms with van der Waals surface area (Å²) in [5.41, 5.74) is 1.49. The molecule has 0 aromatic heterocycles. The first-order valence-electron chi connectivity index (χ1n) is 9.24. The van der Waals surface area contributed by atoms with Gasteiger partial charge in [-0.25, -0.2) is 4.39 Å². The molecule has 0 bridgehead atoms. The number of benzene rings is 1. The Labute approximate surface area is 173 Å². The molecule has 3 rings (SSSR count). The molecule has 1 aromatic rings. The van der Waals surface area contributed by atoms with Crippen LogP contribution in [0.4, 0.5) is 4.39 Å². The van der Waals surface area contributed by atoms with Crippen LogP contribution in [-0.2, 0) is 10.2 Å². The highest BCUT2D eigenvalue weighted by Gasteiger charge is 2.36. The van der Waals surface area contributed by atoms with Crippen molar-refractivity contribution >= 4 is 29.9 Å². The average molecular weight is 475 g/mol. The van der Waals surface area contributed by atoms with Crippen molar-refractivity contribution in [1.29, 1.82) is 0 Å². The summed E-state index contributed by atoms with van der Waals surface area (Å²) < 4.78 is 18.9. The van der Waals surface area contributed by atoms with Crippen LogP contribution in [0.25, 0.3) is 0 Å². The molecule has 1 aromatic carbocycles. The fourth-order valence-corrected chi connectivity index (χ4v) is 4.01. The highest BCUT2D eigenvalue weighted by atomic mass is 127. The molecule has 2 aliphatic heterocycles. The molecule has 26 heavy (non-hydrogen) atoms. The van der Waals surface area contributed by atoms with Crippen molar-refractivity contribution in [2.75, 3.05) is 39.9 Å². The summed E-state index contributed by atoms with van der Waals surface area (Å²) in [6, 6.07) is 6.96. The van der Waals surface area contributed by atoms with E-state index in [4.69, 9.17) is 4.74 Å². The van der Waals surface area contributed by atoms with Gasteiger partial charge in [0.2, 0.25) is 0 Å². The molecule has 0 atom stereocenters. The first-order chi connectivity index (χ1) is 11.9. The van der Waals surface area contributed by atoms with Crippen molar-refractivity contribution in [1.82, 2.24) is 10.2 Å². The van der Waals surface area contributed by atoms with Gasteiger partial charge in [0.25, 0.3) is 0 Å². The number of likely N-dealkylation sites (tertiary alicyclic amines) is 1. The van der Waals surface area contributed by atoms with Crippen LogP contribution >= 0.6 is 24.0 Å². The second kappa shape index (κ2) is 8.87. The lowest BCUT2D eigenvalue weighted by Gasteiger charge is -2.39. The summed E-state index contributed by atoms with van der Waals surface area (Å²) in [7, 11) is 1.85. The minimum absolute atomic E-state index is 0. The van der Waals surface area contributed by atoms with Gasteiger partial charge in [0.15, 0.2) is 5.96 Å². The van der Waals surface area contributed by atoms with Crippen LogP contribution in [0.5, 0.6) is 0 Å². The maximum Gasteiger partial charge on any atom is 0.193 e. The van der Waals surface area contributed by atoms with Crippen LogP contribution in [0, 0.1) is 11.2 Å². The third-order valence-electron chi connectivity index (χ3n) is 5.68. The third-order valence-corrected chi connectivity index (χ3v) is 5.68. The lowest BCUT2D eigenvalue weighted by atomic mass is 9.74. The Morgan fingerprint density at radius 1 is 1.19 bits per heavy atom. The summed E-state index contributed by atoms with van der Waals surface area (Å²) in [6.45, 7) is 8.96. The fraction of sp³-hybridized carbons (Fsp3) is 0.650. The molecule has 6 heteroatoms. The number of aliphatic imine (C=N–C) groups is 1. The molecule has 2 heterocycles. The van der Waals surface area contributed by atoms with E-state index in [2.05, 4.69) is 29.1 Å². The van der Waals surface area contributed by atoms with Crippen molar-refractivity contribution in [3.63, 3.8) is 0 Å². The highest BCUT2D eigenvalue weighted by molar-refractivity contribution is 14.0. The van der Waals surface area contributed by atoms with E-state index in [0.717, 1.165) is 51.6 Å². The van der Waals surface area contributed by atoms with E-state index in [1.54, 1.807) is 12.1 Å². The number of ether oxygens (including phenoxy) is 1. The minimum atomic E-state index is -0.186. The number of rotatable bonds is 3. The van der Waals surface area contributed by atoms with E-state index < -0.39 is 0 Å². The van der Waals surface area contributed by atoms with Crippen LogP contribution in [0.1, 0.15) is 38.7 Å². The predicted molar refractivity (Wildman–Crippen MR) is 115 cm³/mol. The zero-order chi connectivity index (χ0) is 17.9. The predicted octanol–water partition coefficient (Wildman–Crippen LogP) is 3.80. The summed E-state index contributed by atoms with van der Waals surface area (Å²) in [4.78, 5) is 6.84. The van der Waals surface area contributed by atoms with Gasteiger partial charge in [-0.15, -0.1) is 24.0 Å². The topological polar surface area (TPSA) is 36.9 Å². The van der Waals surface area contributed by atoms with Crippen LogP contribution in [0.3, 0.4) is 0 Å². The highest BCUT2D eigenvalue weighted by Crippen LogP contribution is 2.35. The second-order valence-corrected chi connectivity index (χ2v) is 8.14. The largest absolute Gasteiger partial charge is 0.381 e. The SMILES string of the molecule is CN=C(NCC1(c2ccc(F)cc2)CCOCC1)N1CCC(C)(C)C1.I. The van der Waals surface area contributed by atoms with Gasteiger partial charge < -0.3 is 15.0 Å². The quantitative estimate of drug-likeness (QED) is 0.411. The molecule has 2 fully saturated rings. The zero-order valence-electron chi connectivity index (χ0n) is 16.1. The van der Waals surface area contributed by atoms with Gasteiger partial charge in [0.1, 0.15) is 5.82 Å². The smallest absolute Gasteiger partial charge is 0.193 e.